The van der Waals surface area contributed by atoms with Gasteiger partial charge in [-0.1, -0.05) is 12.1 Å². The molecule has 0 saturated carbocycles. The summed E-state index contributed by atoms with van der Waals surface area (Å²) in [4.78, 5) is 23.8. The van der Waals surface area contributed by atoms with E-state index in [1.807, 2.05) is 43.3 Å². The number of methoxy groups -OCH3 is 1. The molecule has 3 rings (SSSR count). The van der Waals surface area contributed by atoms with Crippen LogP contribution in [0, 0.1) is 0 Å². The first-order valence-electron chi connectivity index (χ1n) is 7.44. The molecule has 5 heteroatoms. The minimum Gasteiger partial charge on any atom is -0.497 e. The molecule has 1 aliphatic rings. The molecule has 1 heterocycles. The van der Waals surface area contributed by atoms with E-state index in [2.05, 4.69) is 10.6 Å². The minimum atomic E-state index is -0.194. The van der Waals surface area contributed by atoms with Gasteiger partial charge in [-0.25, -0.2) is 0 Å². The molecule has 2 aromatic carbocycles. The van der Waals surface area contributed by atoms with Gasteiger partial charge in [-0.15, -0.1) is 0 Å². The van der Waals surface area contributed by atoms with Crippen LogP contribution in [0.3, 0.4) is 0 Å². The summed E-state index contributed by atoms with van der Waals surface area (Å²) >= 11 is 0. The highest BCUT2D eigenvalue weighted by molar-refractivity contribution is 6.03. The zero-order valence-electron chi connectivity index (χ0n) is 13.1. The van der Waals surface area contributed by atoms with Crippen LogP contribution in [0.25, 0.3) is 0 Å². The maximum Gasteiger partial charge on any atom is 0.231 e. The molecule has 118 valence electrons. The first kappa shape index (κ1) is 15.1. The maximum atomic E-state index is 12.2. The van der Waals surface area contributed by atoms with Gasteiger partial charge in [-0.3, -0.25) is 9.59 Å². The predicted octanol–water partition coefficient (Wildman–Crippen LogP) is 2.93. The number of fused-ring (bicyclic) bond motifs is 1. The molecule has 2 amide bonds. The molecule has 0 saturated heterocycles. The van der Waals surface area contributed by atoms with Crippen LogP contribution in [0.2, 0.25) is 0 Å². The summed E-state index contributed by atoms with van der Waals surface area (Å²) in [6, 6.07) is 12.9. The second-order valence-corrected chi connectivity index (χ2v) is 5.59. The Kier molecular flexibility index (Phi) is 4.02. The molecule has 0 fully saturated rings. The van der Waals surface area contributed by atoms with E-state index in [4.69, 9.17) is 4.74 Å². The maximum absolute atomic E-state index is 12.2. The van der Waals surface area contributed by atoms with E-state index in [0.717, 1.165) is 22.6 Å². The van der Waals surface area contributed by atoms with Crippen LogP contribution >= 0.6 is 0 Å². The molecular weight excluding hydrogens is 292 g/mol. The summed E-state index contributed by atoms with van der Waals surface area (Å²) in [6.07, 6.45) is 0.265. The van der Waals surface area contributed by atoms with Crippen molar-refractivity contribution >= 4 is 23.2 Å². The molecule has 2 N–H and O–H groups in total. The Balaban J connectivity index is 1.70. The first-order valence-corrected chi connectivity index (χ1v) is 7.44. The molecule has 5 nitrogen and oxygen atoms in total. The van der Waals surface area contributed by atoms with Crippen molar-refractivity contribution in [3.63, 3.8) is 0 Å². The lowest BCUT2D eigenvalue weighted by Gasteiger charge is -2.09. The SMILES string of the molecule is COc1cccc(CC(=O)Nc2ccc3c(c2)C(C)C(=O)N3)c1. The number of amides is 2. The van der Waals surface area contributed by atoms with E-state index in [0.29, 0.717) is 5.69 Å². The normalized spacial score (nSPS) is 15.7. The topological polar surface area (TPSA) is 67.4 Å². The monoisotopic (exact) mass is 310 g/mol. The molecule has 0 radical (unpaired) electrons. The second kappa shape index (κ2) is 6.12. The predicted molar refractivity (Wildman–Crippen MR) is 88.8 cm³/mol. The van der Waals surface area contributed by atoms with Crippen LogP contribution in [-0.4, -0.2) is 18.9 Å². The quantitative estimate of drug-likeness (QED) is 0.912. The number of nitrogens with one attached hydrogen (secondary N) is 2. The second-order valence-electron chi connectivity index (χ2n) is 5.59. The fourth-order valence-corrected chi connectivity index (χ4v) is 2.67. The highest BCUT2D eigenvalue weighted by Gasteiger charge is 2.26. The fraction of sp³-hybridized carbons (Fsp3) is 0.222. The van der Waals surface area contributed by atoms with Crippen molar-refractivity contribution in [3.05, 3.63) is 53.6 Å². The zero-order valence-corrected chi connectivity index (χ0v) is 13.1. The molecule has 2 aromatic rings. The summed E-state index contributed by atoms with van der Waals surface area (Å²) < 4.78 is 5.16. The van der Waals surface area contributed by atoms with Crippen LogP contribution < -0.4 is 15.4 Å². The van der Waals surface area contributed by atoms with Crippen LogP contribution in [0.15, 0.2) is 42.5 Å². The lowest BCUT2D eigenvalue weighted by atomic mass is 10.0. The van der Waals surface area contributed by atoms with E-state index in [-0.39, 0.29) is 24.2 Å². The Morgan fingerprint density at radius 2 is 2.09 bits per heavy atom. The van der Waals surface area contributed by atoms with Crippen molar-refractivity contribution in [1.82, 2.24) is 0 Å². The van der Waals surface area contributed by atoms with Gasteiger partial charge in [0.2, 0.25) is 11.8 Å². The van der Waals surface area contributed by atoms with Gasteiger partial charge in [0.05, 0.1) is 19.4 Å². The first-order chi connectivity index (χ1) is 11.1. The average Bonchev–Trinajstić information content (AvgIpc) is 2.82. The molecular formula is C18H18N2O3. The largest absolute Gasteiger partial charge is 0.497 e. The van der Waals surface area contributed by atoms with Gasteiger partial charge in [0.15, 0.2) is 0 Å². The van der Waals surface area contributed by atoms with Crippen LogP contribution in [0.1, 0.15) is 24.0 Å². The van der Waals surface area contributed by atoms with Gasteiger partial charge in [0.1, 0.15) is 5.75 Å². The van der Waals surface area contributed by atoms with Crippen molar-refractivity contribution in [2.45, 2.75) is 19.3 Å². The van der Waals surface area contributed by atoms with Gasteiger partial charge < -0.3 is 15.4 Å². The van der Waals surface area contributed by atoms with Crippen LogP contribution in [0.5, 0.6) is 5.75 Å². The van der Waals surface area contributed by atoms with Crippen molar-refractivity contribution in [3.8, 4) is 5.75 Å². The highest BCUT2D eigenvalue weighted by Crippen LogP contribution is 2.34. The Morgan fingerprint density at radius 3 is 2.87 bits per heavy atom. The third-order valence-electron chi connectivity index (χ3n) is 3.95. The molecule has 1 aliphatic heterocycles. The van der Waals surface area contributed by atoms with Crippen molar-refractivity contribution < 1.29 is 14.3 Å². The molecule has 23 heavy (non-hydrogen) atoms. The Hall–Kier alpha value is -2.82. The van der Waals surface area contributed by atoms with Crippen molar-refractivity contribution in [2.24, 2.45) is 0 Å². The standard InChI is InChI=1S/C18H18N2O3/c1-11-15-10-13(6-7-16(15)20-18(11)22)19-17(21)9-12-4-3-5-14(8-12)23-2/h3-8,10-11H,9H2,1-2H3,(H,19,21)(H,20,22). The average molecular weight is 310 g/mol. The zero-order chi connectivity index (χ0) is 16.4. The summed E-state index contributed by atoms with van der Waals surface area (Å²) in [7, 11) is 1.60. The van der Waals surface area contributed by atoms with E-state index in [9.17, 15) is 9.59 Å². The third-order valence-corrected chi connectivity index (χ3v) is 3.95. The molecule has 0 aliphatic carbocycles. The minimum absolute atomic E-state index is 0.0140. The highest BCUT2D eigenvalue weighted by atomic mass is 16.5. The Labute approximate surface area is 134 Å². The Bertz CT molecular complexity index is 771. The van der Waals surface area contributed by atoms with Crippen LogP contribution in [0.4, 0.5) is 11.4 Å². The van der Waals surface area contributed by atoms with Gasteiger partial charge in [0, 0.05) is 11.4 Å². The number of carbonyl (C=O) groups is 2. The lowest BCUT2D eigenvalue weighted by molar-refractivity contribution is -0.117. The van der Waals surface area contributed by atoms with E-state index >= 15 is 0 Å². The van der Waals surface area contributed by atoms with E-state index in [1.54, 1.807) is 13.2 Å². The molecule has 1 unspecified atom stereocenters. The molecule has 0 aromatic heterocycles. The number of ether oxygens (including phenoxy) is 1. The third kappa shape index (κ3) is 3.18. The summed E-state index contributed by atoms with van der Waals surface area (Å²) in [6.45, 7) is 1.85. The number of hydrogen-bond acceptors (Lipinski definition) is 3. The summed E-state index contributed by atoms with van der Waals surface area (Å²) in [5, 5.41) is 5.69. The molecule has 0 spiro atoms. The fourth-order valence-electron chi connectivity index (χ4n) is 2.67. The smallest absolute Gasteiger partial charge is 0.231 e. The number of carbonyl (C=O) groups excluding carboxylic acids is 2. The van der Waals surface area contributed by atoms with Crippen LogP contribution in [-0.2, 0) is 16.0 Å². The number of anilines is 2. The Morgan fingerprint density at radius 1 is 1.26 bits per heavy atom. The number of rotatable bonds is 4. The summed E-state index contributed by atoms with van der Waals surface area (Å²) in [5.41, 5.74) is 3.30. The molecule has 0 bridgehead atoms. The number of benzene rings is 2. The lowest BCUT2D eigenvalue weighted by Crippen LogP contribution is -2.14. The van der Waals surface area contributed by atoms with Gasteiger partial charge in [0.25, 0.3) is 0 Å². The van der Waals surface area contributed by atoms with Crippen molar-refractivity contribution in [2.75, 3.05) is 17.7 Å². The summed E-state index contributed by atoms with van der Waals surface area (Å²) in [5.74, 6) is 0.412. The van der Waals surface area contributed by atoms with Gasteiger partial charge >= 0.3 is 0 Å². The number of hydrogen-bond donors (Lipinski definition) is 2. The van der Waals surface area contributed by atoms with Gasteiger partial charge in [-0.2, -0.15) is 0 Å². The van der Waals surface area contributed by atoms with Crippen molar-refractivity contribution in [1.29, 1.82) is 0 Å². The van der Waals surface area contributed by atoms with E-state index in [1.165, 1.54) is 0 Å². The molecule has 1 atom stereocenters. The van der Waals surface area contributed by atoms with E-state index < -0.39 is 0 Å². The van der Waals surface area contributed by atoms with Gasteiger partial charge in [-0.05, 0) is 48.4 Å².